The minimum atomic E-state index is -0.486. The van der Waals surface area contributed by atoms with Crippen molar-refractivity contribution in [3.8, 4) is 0 Å². The van der Waals surface area contributed by atoms with Gasteiger partial charge in [-0.1, -0.05) is 32.1 Å². The molecule has 0 bridgehead atoms. The van der Waals surface area contributed by atoms with Crippen LogP contribution in [0.4, 0.5) is 4.79 Å². The van der Waals surface area contributed by atoms with Gasteiger partial charge in [0, 0.05) is 23.6 Å². The number of nitrogens with one attached hydrogen (secondary N) is 3. The SMILES string of the molecule is O=C(CN1C(=O)N[C@@H](CC2CNC3CCCCC23)C1=O)NCCSC1CCCCC1. The van der Waals surface area contributed by atoms with Crippen LogP contribution in [0.3, 0.4) is 0 Å². The summed E-state index contributed by atoms with van der Waals surface area (Å²) in [5.74, 6) is 1.43. The van der Waals surface area contributed by atoms with Crippen LogP contribution in [-0.2, 0) is 9.59 Å². The monoisotopic (exact) mass is 436 g/mol. The third-order valence-corrected chi connectivity index (χ3v) is 8.73. The second-order valence-corrected chi connectivity index (χ2v) is 10.8. The second kappa shape index (κ2) is 10.4. The molecule has 0 spiro atoms. The first-order chi connectivity index (χ1) is 14.6. The van der Waals surface area contributed by atoms with Crippen molar-refractivity contribution in [1.29, 1.82) is 0 Å². The summed E-state index contributed by atoms with van der Waals surface area (Å²) in [7, 11) is 0. The first kappa shape index (κ1) is 21.9. The quantitative estimate of drug-likeness (QED) is 0.401. The summed E-state index contributed by atoms with van der Waals surface area (Å²) in [5.41, 5.74) is 0. The summed E-state index contributed by atoms with van der Waals surface area (Å²) in [6, 6.07) is -0.341. The Balaban J connectivity index is 1.18. The molecule has 0 aromatic heterocycles. The topological polar surface area (TPSA) is 90.5 Å². The van der Waals surface area contributed by atoms with Crippen LogP contribution in [-0.4, -0.2) is 65.5 Å². The largest absolute Gasteiger partial charge is 0.354 e. The van der Waals surface area contributed by atoms with Gasteiger partial charge < -0.3 is 16.0 Å². The minimum absolute atomic E-state index is 0.176. The van der Waals surface area contributed by atoms with E-state index in [0.717, 1.165) is 22.4 Å². The number of thioether (sulfide) groups is 1. The molecule has 2 aliphatic carbocycles. The number of urea groups is 1. The van der Waals surface area contributed by atoms with Gasteiger partial charge in [-0.2, -0.15) is 11.8 Å². The highest BCUT2D eigenvalue weighted by molar-refractivity contribution is 7.99. The van der Waals surface area contributed by atoms with Gasteiger partial charge in [0.25, 0.3) is 5.91 Å². The van der Waals surface area contributed by atoms with E-state index in [-0.39, 0.29) is 18.4 Å². The predicted molar refractivity (Wildman–Crippen MR) is 118 cm³/mol. The molecule has 4 atom stereocenters. The predicted octanol–water partition coefficient (Wildman–Crippen LogP) is 2.26. The average molecular weight is 437 g/mol. The van der Waals surface area contributed by atoms with E-state index in [2.05, 4.69) is 16.0 Å². The molecule has 168 valence electrons. The molecule has 4 amide bonds. The number of hydrogen-bond acceptors (Lipinski definition) is 5. The van der Waals surface area contributed by atoms with Crippen LogP contribution in [0.25, 0.3) is 0 Å². The number of amides is 4. The molecule has 4 fully saturated rings. The summed E-state index contributed by atoms with van der Waals surface area (Å²) < 4.78 is 0. The van der Waals surface area contributed by atoms with Gasteiger partial charge in [-0.05, 0) is 50.5 Å². The Morgan fingerprint density at radius 1 is 1.07 bits per heavy atom. The third kappa shape index (κ3) is 5.31. The average Bonchev–Trinajstić information content (AvgIpc) is 3.28. The fourth-order valence-corrected chi connectivity index (χ4v) is 6.95. The third-order valence-electron chi connectivity index (χ3n) is 7.34. The number of hydrogen-bond donors (Lipinski definition) is 3. The van der Waals surface area contributed by atoms with E-state index in [9.17, 15) is 14.4 Å². The van der Waals surface area contributed by atoms with Gasteiger partial charge in [0.15, 0.2) is 0 Å². The van der Waals surface area contributed by atoms with E-state index in [0.29, 0.717) is 30.8 Å². The van der Waals surface area contributed by atoms with Gasteiger partial charge in [-0.15, -0.1) is 0 Å². The number of carbonyl (C=O) groups is 3. The van der Waals surface area contributed by atoms with Crippen molar-refractivity contribution >= 4 is 29.6 Å². The van der Waals surface area contributed by atoms with Crippen LogP contribution in [0, 0.1) is 11.8 Å². The van der Waals surface area contributed by atoms with Crippen LogP contribution in [0.2, 0.25) is 0 Å². The molecule has 0 radical (unpaired) electrons. The molecule has 7 nitrogen and oxygen atoms in total. The van der Waals surface area contributed by atoms with Crippen molar-refractivity contribution in [1.82, 2.24) is 20.9 Å². The maximum atomic E-state index is 12.8. The van der Waals surface area contributed by atoms with Crippen LogP contribution in [0.5, 0.6) is 0 Å². The number of carbonyl (C=O) groups excluding carboxylic acids is 3. The normalized spacial score (nSPS) is 32.2. The molecule has 2 saturated heterocycles. The Kier molecular flexibility index (Phi) is 7.57. The number of imide groups is 1. The molecular formula is C22H36N4O3S. The summed E-state index contributed by atoms with van der Waals surface area (Å²) in [6.45, 7) is 1.34. The van der Waals surface area contributed by atoms with E-state index >= 15 is 0 Å². The standard InChI is InChI=1S/C22H36N4O3S/c27-20(23-10-11-30-16-6-2-1-3-7-16)14-26-21(28)19(25-22(26)29)12-15-13-24-18-9-5-4-8-17(15)18/h15-19,24H,1-14H2,(H,23,27)(H,25,29)/t15?,17?,18?,19-/m0/s1. The zero-order valence-corrected chi connectivity index (χ0v) is 18.7. The molecule has 30 heavy (non-hydrogen) atoms. The number of nitrogens with zero attached hydrogens (tertiary/aromatic N) is 1. The highest BCUT2D eigenvalue weighted by Gasteiger charge is 2.44. The fourth-order valence-electron chi connectivity index (χ4n) is 5.73. The van der Waals surface area contributed by atoms with E-state index in [1.54, 1.807) is 0 Å². The first-order valence-corrected chi connectivity index (χ1v) is 12.9. The van der Waals surface area contributed by atoms with Crippen LogP contribution >= 0.6 is 11.8 Å². The molecule has 4 rings (SSSR count). The lowest BCUT2D eigenvalue weighted by Crippen LogP contribution is -2.42. The summed E-state index contributed by atoms with van der Waals surface area (Å²) >= 11 is 1.93. The zero-order valence-electron chi connectivity index (χ0n) is 17.9. The fraction of sp³-hybridized carbons (Fsp3) is 0.864. The maximum Gasteiger partial charge on any atom is 0.325 e. The van der Waals surface area contributed by atoms with Gasteiger partial charge in [0.1, 0.15) is 12.6 Å². The van der Waals surface area contributed by atoms with Crippen LogP contribution in [0.1, 0.15) is 64.2 Å². The molecular weight excluding hydrogens is 400 g/mol. The lowest BCUT2D eigenvalue weighted by atomic mass is 9.77. The Morgan fingerprint density at radius 3 is 2.67 bits per heavy atom. The van der Waals surface area contributed by atoms with Crippen molar-refractivity contribution in [3.63, 3.8) is 0 Å². The summed E-state index contributed by atoms with van der Waals surface area (Å²) in [4.78, 5) is 38.5. The smallest absolute Gasteiger partial charge is 0.325 e. The lowest BCUT2D eigenvalue weighted by molar-refractivity contribution is -0.132. The molecule has 3 unspecified atom stereocenters. The van der Waals surface area contributed by atoms with Crippen LogP contribution < -0.4 is 16.0 Å². The number of rotatable bonds is 8. The van der Waals surface area contributed by atoms with Gasteiger partial charge in [0.2, 0.25) is 5.91 Å². The summed E-state index contributed by atoms with van der Waals surface area (Å²) in [5, 5.41) is 10.0. The molecule has 2 heterocycles. The molecule has 4 aliphatic rings. The Labute approximate surface area is 183 Å². The highest BCUT2D eigenvalue weighted by atomic mass is 32.2. The van der Waals surface area contributed by atoms with Gasteiger partial charge in [0.05, 0.1) is 0 Å². The Morgan fingerprint density at radius 2 is 1.83 bits per heavy atom. The van der Waals surface area contributed by atoms with Gasteiger partial charge >= 0.3 is 6.03 Å². The maximum absolute atomic E-state index is 12.8. The summed E-state index contributed by atoms with van der Waals surface area (Å²) in [6.07, 6.45) is 12.2. The van der Waals surface area contributed by atoms with Crippen molar-refractivity contribution < 1.29 is 14.4 Å². The Hall–Kier alpha value is -1.28. The van der Waals surface area contributed by atoms with Crippen molar-refractivity contribution in [2.45, 2.75) is 81.5 Å². The van der Waals surface area contributed by atoms with E-state index in [1.807, 2.05) is 11.8 Å². The van der Waals surface area contributed by atoms with Crippen molar-refractivity contribution in [3.05, 3.63) is 0 Å². The zero-order chi connectivity index (χ0) is 20.9. The van der Waals surface area contributed by atoms with Crippen molar-refractivity contribution in [2.24, 2.45) is 11.8 Å². The Bertz CT molecular complexity index is 640. The van der Waals surface area contributed by atoms with E-state index in [4.69, 9.17) is 0 Å². The molecule has 2 aliphatic heterocycles. The molecule has 2 saturated carbocycles. The first-order valence-electron chi connectivity index (χ1n) is 11.9. The number of fused-ring (bicyclic) bond motifs is 1. The minimum Gasteiger partial charge on any atom is -0.354 e. The molecule has 8 heteroatoms. The van der Waals surface area contributed by atoms with E-state index < -0.39 is 12.1 Å². The molecule has 3 N–H and O–H groups in total. The van der Waals surface area contributed by atoms with Crippen molar-refractivity contribution in [2.75, 3.05) is 25.4 Å². The van der Waals surface area contributed by atoms with Gasteiger partial charge in [-0.25, -0.2) is 4.79 Å². The van der Waals surface area contributed by atoms with Crippen LogP contribution in [0.15, 0.2) is 0 Å². The molecule has 0 aromatic carbocycles. The lowest BCUT2D eigenvalue weighted by Gasteiger charge is -2.29. The highest BCUT2D eigenvalue weighted by Crippen LogP contribution is 2.37. The van der Waals surface area contributed by atoms with Gasteiger partial charge in [-0.3, -0.25) is 14.5 Å². The molecule has 0 aromatic rings. The second-order valence-electron chi connectivity index (χ2n) is 9.37. The van der Waals surface area contributed by atoms with E-state index in [1.165, 1.54) is 57.8 Å².